The van der Waals surface area contributed by atoms with Crippen molar-refractivity contribution in [2.24, 2.45) is 0 Å². The molecule has 1 amide bonds. The number of oxazole rings is 1. The van der Waals surface area contributed by atoms with Crippen LogP contribution in [-0.2, 0) is 17.8 Å². The number of amides is 1. The molecule has 2 aromatic carbocycles. The van der Waals surface area contributed by atoms with E-state index in [0.717, 1.165) is 21.8 Å². The molecule has 6 nitrogen and oxygen atoms in total. The highest BCUT2D eigenvalue weighted by atomic mass is 32.1. The second-order valence-electron chi connectivity index (χ2n) is 8.11. The smallest absolute Gasteiger partial charge is 0.223 e. The normalized spacial score (nSPS) is 11.0. The molecule has 0 aliphatic rings. The van der Waals surface area contributed by atoms with Gasteiger partial charge in [0.2, 0.25) is 5.91 Å². The van der Waals surface area contributed by atoms with Gasteiger partial charge in [0.25, 0.3) is 0 Å². The van der Waals surface area contributed by atoms with E-state index in [0.29, 0.717) is 30.2 Å². The Morgan fingerprint density at radius 3 is 2.66 bits per heavy atom. The summed E-state index contributed by atoms with van der Waals surface area (Å²) in [5, 5.41) is 6.82. The SMILES string of the molecule is CN(Cc1cn(-c2ccccc2)nc1-c1cccs1)C(=O)CCc1ncc(-c2ccccc2F)o1. The number of thiophene rings is 1. The average molecular weight is 487 g/mol. The Hall–Kier alpha value is -4.04. The molecule has 0 radical (unpaired) electrons. The number of benzene rings is 2. The third kappa shape index (κ3) is 5.07. The number of para-hydroxylation sites is 1. The molecule has 0 saturated heterocycles. The number of rotatable bonds is 8. The van der Waals surface area contributed by atoms with Crippen molar-refractivity contribution in [1.82, 2.24) is 19.7 Å². The van der Waals surface area contributed by atoms with Gasteiger partial charge in [-0.1, -0.05) is 36.4 Å². The molecule has 176 valence electrons. The molecule has 8 heteroatoms. The Balaban J connectivity index is 1.27. The van der Waals surface area contributed by atoms with Gasteiger partial charge in [-0.2, -0.15) is 5.10 Å². The molecule has 3 aromatic heterocycles. The largest absolute Gasteiger partial charge is 0.441 e. The Bertz CT molecular complexity index is 1430. The van der Waals surface area contributed by atoms with Crippen molar-refractivity contribution in [3.8, 4) is 27.6 Å². The maximum Gasteiger partial charge on any atom is 0.223 e. The minimum atomic E-state index is -0.372. The van der Waals surface area contributed by atoms with E-state index in [9.17, 15) is 9.18 Å². The lowest BCUT2D eigenvalue weighted by Crippen LogP contribution is -2.26. The molecule has 0 atom stereocenters. The molecule has 0 bridgehead atoms. The number of nitrogens with zero attached hydrogens (tertiary/aromatic N) is 4. The Labute approximate surface area is 206 Å². The zero-order valence-electron chi connectivity index (χ0n) is 19.1. The number of halogens is 1. The van der Waals surface area contributed by atoms with E-state index in [1.54, 1.807) is 41.5 Å². The Morgan fingerprint density at radius 2 is 1.89 bits per heavy atom. The lowest BCUT2D eigenvalue weighted by Gasteiger charge is -2.16. The van der Waals surface area contributed by atoms with Crippen LogP contribution in [0.15, 0.2) is 88.9 Å². The lowest BCUT2D eigenvalue weighted by atomic mass is 10.2. The maximum absolute atomic E-state index is 14.0. The van der Waals surface area contributed by atoms with E-state index in [1.807, 2.05) is 58.7 Å². The van der Waals surface area contributed by atoms with Crippen molar-refractivity contribution in [1.29, 1.82) is 0 Å². The highest BCUT2D eigenvalue weighted by Crippen LogP contribution is 2.29. The Morgan fingerprint density at radius 1 is 1.09 bits per heavy atom. The zero-order valence-corrected chi connectivity index (χ0v) is 19.9. The van der Waals surface area contributed by atoms with E-state index in [2.05, 4.69) is 4.98 Å². The number of aromatic nitrogens is 3. The molecule has 35 heavy (non-hydrogen) atoms. The van der Waals surface area contributed by atoms with Crippen molar-refractivity contribution < 1.29 is 13.6 Å². The number of aryl methyl sites for hydroxylation is 1. The maximum atomic E-state index is 14.0. The van der Waals surface area contributed by atoms with Gasteiger partial charge in [0.15, 0.2) is 11.7 Å². The summed E-state index contributed by atoms with van der Waals surface area (Å²) in [6, 6.07) is 20.3. The summed E-state index contributed by atoms with van der Waals surface area (Å²) >= 11 is 1.62. The van der Waals surface area contributed by atoms with Crippen LogP contribution in [0.5, 0.6) is 0 Å². The topological polar surface area (TPSA) is 64.2 Å². The molecule has 0 fully saturated rings. The van der Waals surface area contributed by atoms with Crippen LogP contribution in [0.3, 0.4) is 0 Å². The van der Waals surface area contributed by atoms with Crippen molar-refractivity contribution in [3.05, 3.63) is 102 Å². The van der Waals surface area contributed by atoms with Crippen LogP contribution in [0.4, 0.5) is 4.39 Å². The summed E-state index contributed by atoms with van der Waals surface area (Å²) in [6.07, 6.45) is 4.03. The fraction of sp³-hybridized carbons (Fsp3) is 0.148. The standard InChI is InChI=1S/C27H23FN4O2S/c1-31(26(33)14-13-25-29-16-23(34-25)21-10-5-6-11-22(21)28)17-19-18-32(20-8-3-2-4-9-20)30-27(19)24-12-7-15-35-24/h2-12,15-16,18H,13-14,17H2,1H3. The molecule has 0 aliphatic carbocycles. The fourth-order valence-corrected chi connectivity index (χ4v) is 4.56. The van der Waals surface area contributed by atoms with Crippen LogP contribution >= 0.6 is 11.3 Å². The van der Waals surface area contributed by atoms with Gasteiger partial charge >= 0.3 is 0 Å². The first kappa shape index (κ1) is 22.7. The Kier molecular flexibility index (Phi) is 6.54. The number of hydrogen-bond donors (Lipinski definition) is 0. The van der Waals surface area contributed by atoms with Crippen LogP contribution in [0.2, 0.25) is 0 Å². The van der Waals surface area contributed by atoms with Crippen molar-refractivity contribution in [2.45, 2.75) is 19.4 Å². The van der Waals surface area contributed by atoms with Gasteiger partial charge in [-0.25, -0.2) is 14.1 Å². The first-order chi connectivity index (χ1) is 17.1. The van der Waals surface area contributed by atoms with E-state index < -0.39 is 0 Å². The molecule has 3 heterocycles. The fourth-order valence-electron chi connectivity index (χ4n) is 3.82. The van der Waals surface area contributed by atoms with Gasteiger partial charge < -0.3 is 9.32 Å². The molecule has 5 rings (SSSR count). The quantitative estimate of drug-likeness (QED) is 0.270. The van der Waals surface area contributed by atoms with E-state index in [4.69, 9.17) is 9.52 Å². The van der Waals surface area contributed by atoms with Crippen LogP contribution in [0, 0.1) is 5.82 Å². The molecular formula is C27H23FN4O2S. The minimum Gasteiger partial charge on any atom is -0.441 e. The highest BCUT2D eigenvalue weighted by molar-refractivity contribution is 7.13. The van der Waals surface area contributed by atoms with Gasteiger partial charge in [0.05, 0.1) is 22.3 Å². The first-order valence-electron chi connectivity index (χ1n) is 11.2. The van der Waals surface area contributed by atoms with Crippen molar-refractivity contribution >= 4 is 17.2 Å². The predicted molar refractivity (Wildman–Crippen MR) is 134 cm³/mol. The van der Waals surface area contributed by atoms with Gasteiger partial charge in [-0.15, -0.1) is 11.3 Å². The highest BCUT2D eigenvalue weighted by Gasteiger charge is 2.18. The molecule has 0 unspecified atom stereocenters. The molecule has 5 aromatic rings. The minimum absolute atomic E-state index is 0.0415. The zero-order chi connectivity index (χ0) is 24.2. The monoisotopic (exact) mass is 486 g/mol. The van der Waals surface area contributed by atoms with E-state index in [-0.39, 0.29) is 18.1 Å². The van der Waals surface area contributed by atoms with Gasteiger partial charge in [-0.05, 0) is 35.7 Å². The number of carbonyl (C=O) groups excluding carboxylic acids is 1. The van der Waals surface area contributed by atoms with Crippen LogP contribution < -0.4 is 0 Å². The van der Waals surface area contributed by atoms with Crippen molar-refractivity contribution in [2.75, 3.05) is 7.05 Å². The molecular weight excluding hydrogens is 463 g/mol. The van der Waals surface area contributed by atoms with Gasteiger partial charge in [0, 0.05) is 38.2 Å². The third-order valence-electron chi connectivity index (χ3n) is 5.64. The molecule has 0 saturated carbocycles. The molecule has 0 spiro atoms. The summed E-state index contributed by atoms with van der Waals surface area (Å²) in [5.74, 6) is 0.345. The summed E-state index contributed by atoms with van der Waals surface area (Å²) in [5.41, 5.74) is 3.14. The predicted octanol–water partition coefficient (Wildman–Crippen LogP) is 5.99. The molecule has 0 N–H and O–H groups in total. The van der Waals surface area contributed by atoms with E-state index >= 15 is 0 Å². The second kappa shape index (κ2) is 10.1. The summed E-state index contributed by atoms with van der Waals surface area (Å²) in [7, 11) is 1.78. The van der Waals surface area contributed by atoms with Crippen LogP contribution in [0.1, 0.15) is 17.9 Å². The summed E-state index contributed by atoms with van der Waals surface area (Å²) < 4.78 is 21.5. The van der Waals surface area contributed by atoms with Crippen LogP contribution in [-0.4, -0.2) is 32.6 Å². The average Bonchev–Trinajstić information content (AvgIpc) is 3.64. The van der Waals surface area contributed by atoms with Crippen molar-refractivity contribution in [3.63, 3.8) is 0 Å². The first-order valence-corrected chi connectivity index (χ1v) is 12.1. The number of carbonyl (C=O) groups is 1. The van der Waals surface area contributed by atoms with Crippen LogP contribution in [0.25, 0.3) is 27.6 Å². The third-order valence-corrected chi connectivity index (χ3v) is 6.52. The van der Waals surface area contributed by atoms with Gasteiger partial charge in [0.1, 0.15) is 11.5 Å². The second-order valence-corrected chi connectivity index (χ2v) is 9.06. The lowest BCUT2D eigenvalue weighted by molar-refractivity contribution is -0.130. The molecule has 0 aliphatic heterocycles. The summed E-state index contributed by atoms with van der Waals surface area (Å²) in [4.78, 5) is 19.9. The number of hydrogen-bond acceptors (Lipinski definition) is 5. The summed E-state index contributed by atoms with van der Waals surface area (Å²) in [6.45, 7) is 0.422. The van der Waals surface area contributed by atoms with Gasteiger partial charge in [-0.3, -0.25) is 4.79 Å². The van der Waals surface area contributed by atoms with E-state index in [1.165, 1.54) is 12.3 Å².